The lowest BCUT2D eigenvalue weighted by Gasteiger charge is -2.09. The van der Waals surface area contributed by atoms with Crippen LogP contribution in [0.4, 0.5) is 5.95 Å². The van der Waals surface area contributed by atoms with E-state index in [0.29, 0.717) is 11.4 Å². The fourth-order valence-electron chi connectivity index (χ4n) is 1.73. The van der Waals surface area contributed by atoms with Crippen LogP contribution in [0, 0.1) is 6.92 Å². The third-order valence-corrected chi connectivity index (χ3v) is 5.38. The van der Waals surface area contributed by atoms with Crippen molar-refractivity contribution in [2.24, 2.45) is 0 Å². The highest BCUT2D eigenvalue weighted by atomic mass is 32.2. The van der Waals surface area contributed by atoms with Crippen LogP contribution in [0.2, 0.25) is 0 Å². The number of nitrogens with zero attached hydrogens (tertiary/aromatic N) is 2. The topological polar surface area (TPSA) is 84.0 Å². The van der Waals surface area contributed by atoms with Crippen LogP contribution in [0.3, 0.4) is 0 Å². The van der Waals surface area contributed by atoms with Crippen LogP contribution in [0.5, 0.6) is 0 Å². The van der Waals surface area contributed by atoms with Gasteiger partial charge in [-0.1, -0.05) is 6.92 Å². The molecule has 2 N–H and O–H groups in total. The maximum absolute atomic E-state index is 12.5. The van der Waals surface area contributed by atoms with Crippen LogP contribution >= 0.6 is 11.3 Å². The average molecular weight is 312 g/mol. The number of hydrogen-bond acceptors (Lipinski definition) is 6. The molecule has 2 aromatic rings. The van der Waals surface area contributed by atoms with E-state index in [1.807, 2.05) is 12.3 Å². The summed E-state index contributed by atoms with van der Waals surface area (Å²) in [4.78, 5) is 8.86. The molecule has 2 rings (SSSR count). The first-order valence-electron chi connectivity index (χ1n) is 6.12. The highest BCUT2D eigenvalue weighted by Crippen LogP contribution is 2.27. The molecule has 2 heterocycles. The molecule has 0 spiro atoms. The third kappa shape index (κ3) is 3.33. The SMILES string of the molecule is CCNCc1scc(C)c1S(=O)(=O)Nc1ncccn1. The number of hydrogen-bond donors (Lipinski definition) is 2. The maximum atomic E-state index is 12.5. The molecular weight excluding hydrogens is 296 g/mol. The zero-order valence-corrected chi connectivity index (χ0v) is 12.9. The second kappa shape index (κ2) is 6.29. The highest BCUT2D eigenvalue weighted by Gasteiger charge is 2.23. The summed E-state index contributed by atoms with van der Waals surface area (Å²) in [5.74, 6) is 0.0764. The van der Waals surface area contributed by atoms with Crippen LogP contribution in [-0.4, -0.2) is 24.9 Å². The highest BCUT2D eigenvalue weighted by molar-refractivity contribution is 7.93. The molecule has 0 aliphatic rings. The normalized spacial score (nSPS) is 11.5. The van der Waals surface area contributed by atoms with Gasteiger partial charge in [0.1, 0.15) is 4.90 Å². The van der Waals surface area contributed by atoms with Crippen molar-refractivity contribution >= 4 is 27.3 Å². The van der Waals surface area contributed by atoms with E-state index in [1.165, 1.54) is 23.7 Å². The summed E-state index contributed by atoms with van der Waals surface area (Å²) in [6.07, 6.45) is 2.98. The molecular formula is C12H16N4O2S2. The zero-order valence-electron chi connectivity index (χ0n) is 11.3. The Hall–Kier alpha value is -1.51. The lowest BCUT2D eigenvalue weighted by atomic mass is 10.3. The standard InChI is InChI=1S/C12H16N4O2S2/c1-3-13-7-10-11(9(2)8-19-10)20(17,18)16-12-14-5-4-6-15-12/h4-6,8,13H,3,7H2,1-2H3,(H,14,15,16). The third-order valence-electron chi connectivity index (χ3n) is 2.59. The monoisotopic (exact) mass is 312 g/mol. The summed E-state index contributed by atoms with van der Waals surface area (Å²) >= 11 is 1.43. The number of aromatic nitrogens is 2. The van der Waals surface area contributed by atoms with Gasteiger partial charge in [-0.05, 0) is 30.5 Å². The Morgan fingerprint density at radius 1 is 1.30 bits per heavy atom. The summed E-state index contributed by atoms with van der Waals surface area (Å²) in [6.45, 7) is 5.07. The van der Waals surface area contributed by atoms with Gasteiger partial charge < -0.3 is 5.32 Å². The van der Waals surface area contributed by atoms with Crippen molar-refractivity contribution in [1.82, 2.24) is 15.3 Å². The van der Waals surface area contributed by atoms with Crippen molar-refractivity contribution < 1.29 is 8.42 Å². The molecule has 0 saturated heterocycles. The zero-order chi connectivity index (χ0) is 14.6. The van der Waals surface area contributed by atoms with Crippen LogP contribution in [0.15, 0.2) is 28.7 Å². The minimum atomic E-state index is -3.67. The van der Waals surface area contributed by atoms with Crippen LogP contribution in [-0.2, 0) is 16.6 Å². The number of anilines is 1. The molecule has 0 bridgehead atoms. The van der Waals surface area contributed by atoms with Crippen molar-refractivity contribution in [2.45, 2.75) is 25.3 Å². The molecule has 0 aromatic carbocycles. The first kappa shape index (κ1) is 14.9. The molecule has 0 aliphatic heterocycles. The Kier molecular flexibility index (Phi) is 4.69. The minimum absolute atomic E-state index is 0.0764. The van der Waals surface area contributed by atoms with E-state index in [1.54, 1.807) is 13.0 Å². The van der Waals surface area contributed by atoms with E-state index in [0.717, 1.165) is 17.0 Å². The summed E-state index contributed by atoms with van der Waals surface area (Å²) in [7, 11) is -3.67. The predicted octanol–water partition coefficient (Wildman–Crippen LogP) is 1.76. The van der Waals surface area contributed by atoms with Gasteiger partial charge in [0.05, 0.1) is 0 Å². The number of nitrogens with one attached hydrogen (secondary N) is 2. The van der Waals surface area contributed by atoms with E-state index >= 15 is 0 Å². The molecule has 0 aliphatic carbocycles. The molecule has 20 heavy (non-hydrogen) atoms. The maximum Gasteiger partial charge on any atom is 0.265 e. The molecule has 0 amide bonds. The van der Waals surface area contributed by atoms with Gasteiger partial charge in [-0.2, -0.15) is 0 Å². The smallest absolute Gasteiger partial charge is 0.265 e. The Morgan fingerprint density at radius 2 is 2.00 bits per heavy atom. The van der Waals surface area contributed by atoms with Crippen molar-refractivity contribution in [3.63, 3.8) is 0 Å². The fourth-order valence-corrected chi connectivity index (χ4v) is 4.47. The van der Waals surface area contributed by atoms with Gasteiger partial charge in [-0.15, -0.1) is 11.3 Å². The number of aryl methyl sites for hydroxylation is 1. The lowest BCUT2D eigenvalue weighted by Crippen LogP contribution is -2.19. The molecule has 108 valence electrons. The molecule has 8 heteroatoms. The van der Waals surface area contributed by atoms with E-state index in [4.69, 9.17) is 0 Å². The summed E-state index contributed by atoms with van der Waals surface area (Å²) in [6, 6.07) is 1.63. The van der Waals surface area contributed by atoms with Crippen molar-refractivity contribution in [1.29, 1.82) is 0 Å². The average Bonchev–Trinajstić information content (AvgIpc) is 2.79. The number of thiophene rings is 1. The van der Waals surface area contributed by atoms with E-state index in [9.17, 15) is 8.42 Å². The molecule has 2 aromatic heterocycles. The predicted molar refractivity (Wildman–Crippen MR) is 79.3 cm³/mol. The number of rotatable bonds is 6. The Balaban J connectivity index is 2.32. The van der Waals surface area contributed by atoms with Crippen molar-refractivity contribution in [3.05, 3.63) is 34.3 Å². The van der Waals surface area contributed by atoms with Gasteiger partial charge in [-0.25, -0.2) is 23.1 Å². The van der Waals surface area contributed by atoms with Crippen molar-refractivity contribution in [3.8, 4) is 0 Å². The van der Waals surface area contributed by atoms with Crippen LogP contribution < -0.4 is 10.0 Å². The van der Waals surface area contributed by atoms with Gasteiger partial charge >= 0.3 is 0 Å². The van der Waals surface area contributed by atoms with Crippen LogP contribution in [0.25, 0.3) is 0 Å². The molecule has 0 fully saturated rings. The Bertz CT molecular complexity index is 668. The van der Waals surface area contributed by atoms with Crippen LogP contribution in [0.1, 0.15) is 17.4 Å². The summed E-state index contributed by atoms with van der Waals surface area (Å²) in [5.41, 5.74) is 0.728. The van der Waals surface area contributed by atoms with Gasteiger partial charge in [0, 0.05) is 23.8 Å². The summed E-state index contributed by atoms with van der Waals surface area (Å²) in [5, 5.41) is 4.98. The number of sulfonamides is 1. The summed E-state index contributed by atoms with van der Waals surface area (Å²) < 4.78 is 27.3. The van der Waals surface area contributed by atoms with Gasteiger partial charge in [0.2, 0.25) is 5.95 Å². The Labute approximate surface area is 122 Å². The van der Waals surface area contributed by atoms with E-state index in [2.05, 4.69) is 20.0 Å². The van der Waals surface area contributed by atoms with Gasteiger partial charge in [-0.3, -0.25) is 0 Å². The van der Waals surface area contributed by atoms with Gasteiger partial charge in [0.15, 0.2) is 0 Å². The molecule has 0 unspecified atom stereocenters. The minimum Gasteiger partial charge on any atom is -0.312 e. The first-order valence-corrected chi connectivity index (χ1v) is 8.48. The Morgan fingerprint density at radius 3 is 2.65 bits per heavy atom. The lowest BCUT2D eigenvalue weighted by molar-refractivity contribution is 0.598. The first-order chi connectivity index (χ1) is 9.54. The molecule has 0 radical (unpaired) electrons. The molecule has 0 atom stereocenters. The largest absolute Gasteiger partial charge is 0.312 e. The quantitative estimate of drug-likeness (QED) is 0.849. The second-order valence-corrected chi connectivity index (χ2v) is 6.71. The molecule has 0 saturated carbocycles. The van der Waals surface area contributed by atoms with E-state index in [-0.39, 0.29) is 5.95 Å². The van der Waals surface area contributed by atoms with E-state index < -0.39 is 10.0 Å². The second-order valence-electron chi connectivity index (χ2n) is 4.13. The molecule has 6 nitrogen and oxygen atoms in total. The van der Waals surface area contributed by atoms with Crippen molar-refractivity contribution in [2.75, 3.05) is 11.3 Å². The van der Waals surface area contributed by atoms with Gasteiger partial charge in [0.25, 0.3) is 10.0 Å². The fraction of sp³-hybridized carbons (Fsp3) is 0.333.